The molecule has 21 heavy (non-hydrogen) atoms. The summed E-state index contributed by atoms with van der Waals surface area (Å²) in [7, 11) is 1.62. The number of rotatable bonds is 1. The van der Waals surface area contributed by atoms with Gasteiger partial charge in [0.1, 0.15) is 11.8 Å². The van der Waals surface area contributed by atoms with Gasteiger partial charge >= 0.3 is 0 Å². The van der Waals surface area contributed by atoms with Crippen LogP contribution in [0.4, 0.5) is 0 Å². The van der Waals surface area contributed by atoms with Gasteiger partial charge in [0.15, 0.2) is 5.78 Å². The highest BCUT2D eigenvalue weighted by Gasteiger charge is 2.30. The average molecular weight is 306 g/mol. The van der Waals surface area contributed by atoms with Gasteiger partial charge in [-0.2, -0.15) is 0 Å². The zero-order chi connectivity index (χ0) is 15.4. The van der Waals surface area contributed by atoms with Gasteiger partial charge in [0, 0.05) is 16.8 Å². The normalized spacial score (nSPS) is 19.6. The lowest BCUT2D eigenvalue weighted by Gasteiger charge is -2.22. The van der Waals surface area contributed by atoms with Crippen LogP contribution in [0.2, 0.25) is 5.02 Å². The van der Waals surface area contributed by atoms with Crippen molar-refractivity contribution in [2.75, 3.05) is 7.11 Å². The van der Waals surface area contributed by atoms with E-state index in [4.69, 9.17) is 16.3 Å². The molecule has 112 valence electrons. The zero-order valence-electron chi connectivity index (χ0n) is 12.6. The van der Waals surface area contributed by atoms with Crippen LogP contribution in [0.3, 0.4) is 0 Å². The predicted molar refractivity (Wildman–Crippen MR) is 85.6 cm³/mol. The number of ketones is 1. The van der Waals surface area contributed by atoms with Crippen LogP contribution in [-0.2, 0) is 11.2 Å². The maximum Gasteiger partial charge on any atom is 0.189 e. The van der Waals surface area contributed by atoms with E-state index in [1.54, 1.807) is 19.4 Å². The van der Waals surface area contributed by atoms with Crippen LogP contribution in [0, 0.1) is 0 Å². The van der Waals surface area contributed by atoms with E-state index < -0.39 is 0 Å². The van der Waals surface area contributed by atoms with Crippen molar-refractivity contribution < 1.29 is 9.53 Å². The van der Waals surface area contributed by atoms with Crippen molar-refractivity contribution in [1.82, 2.24) is 5.32 Å². The highest BCUT2D eigenvalue weighted by molar-refractivity contribution is 6.30. The van der Waals surface area contributed by atoms with Gasteiger partial charge in [0.25, 0.3) is 0 Å². The molecule has 0 bridgehead atoms. The molecule has 1 aromatic rings. The molecular formula is C17H20ClNO2. The molecule has 2 aliphatic rings. The van der Waals surface area contributed by atoms with Gasteiger partial charge in [-0.15, -0.1) is 0 Å². The monoisotopic (exact) mass is 305 g/mol. The van der Waals surface area contributed by atoms with Crippen molar-refractivity contribution in [1.29, 1.82) is 0 Å². The van der Waals surface area contributed by atoms with Crippen molar-refractivity contribution in [2.24, 2.45) is 0 Å². The molecule has 1 aliphatic heterocycles. The third-order valence-electron chi connectivity index (χ3n) is 3.60. The minimum atomic E-state index is -0.277. The third-order valence-corrected chi connectivity index (χ3v) is 3.84. The number of halogens is 1. The summed E-state index contributed by atoms with van der Waals surface area (Å²) in [5.41, 5.74) is 2.85. The summed E-state index contributed by atoms with van der Waals surface area (Å²) in [6.07, 6.45) is 5.35. The smallest absolute Gasteiger partial charge is 0.189 e. The first kappa shape index (κ1) is 15.6. The number of carbonyl (C=O) groups excluding carboxylic acids is 1. The number of ether oxygens (including phenoxy) is 1. The number of benzene rings is 1. The molecule has 0 saturated carbocycles. The summed E-state index contributed by atoms with van der Waals surface area (Å²) in [5.74, 6) is 0.852. The number of hydrogen-bond donors (Lipinski definition) is 1. The molecule has 3 rings (SSSR count). The molecule has 1 atom stereocenters. The van der Waals surface area contributed by atoms with Gasteiger partial charge in [-0.3, -0.25) is 4.79 Å². The topological polar surface area (TPSA) is 38.3 Å². The van der Waals surface area contributed by atoms with Gasteiger partial charge in [-0.25, -0.2) is 0 Å². The Labute approximate surface area is 130 Å². The molecule has 1 N–H and O–H groups in total. The molecule has 3 nitrogen and oxygen atoms in total. The van der Waals surface area contributed by atoms with Crippen LogP contribution in [0.5, 0.6) is 0 Å². The molecule has 0 radical (unpaired) electrons. The number of dihydropyridines is 1. The first-order chi connectivity index (χ1) is 10.2. The molecular weight excluding hydrogens is 286 g/mol. The second-order valence-electron chi connectivity index (χ2n) is 4.74. The van der Waals surface area contributed by atoms with E-state index in [0.717, 1.165) is 35.3 Å². The van der Waals surface area contributed by atoms with E-state index in [1.807, 2.05) is 32.1 Å². The van der Waals surface area contributed by atoms with Crippen LogP contribution in [0.25, 0.3) is 0 Å². The number of aryl methyl sites for hydroxylation is 1. The quantitative estimate of drug-likeness (QED) is 0.855. The summed E-state index contributed by atoms with van der Waals surface area (Å²) in [5, 5.41) is 3.80. The van der Waals surface area contributed by atoms with Gasteiger partial charge in [-0.05, 0) is 48.3 Å². The summed E-state index contributed by atoms with van der Waals surface area (Å²) in [6, 6.07) is 5.20. The Morgan fingerprint density at radius 1 is 1.29 bits per heavy atom. The number of fused-ring (bicyclic) bond motifs is 2. The van der Waals surface area contributed by atoms with Gasteiger partial charge in [-0.1, -0.05) is 25.4 Å². The average Bonchev–Trinajstić information content (AvgIpc) is 2.66. The van der Waals surface area contributed by atoms with E-state index in [9.17, 15) is 4.79 Å². The minimum Gasteiger partial charge on any atom is -0.495 e. The Balaban J connectivity index is 0.000000774. The highest BCUT2D eigenvalue weighted by atomic mass is 35.5. The Hall–Kier alpha value is -1.74. The summed E-state index contributed by atoms with van der Waals surface area (Å²) in [4.78, 5) is 12.6. The fraction of sp³-hybridized carbons (Fsp3) is 0.353. The van der Waals surface area contributed by atoms with Crippen molar-refractivity contribution in [3.8, 4) is 0 Å². The second-order valence-corrected chi connectivity index (χ2v) is 5.17. The maximum atomic E-state index is 12.6. The molecule has 0 aromatic heterocycles. The Morgan fingerprint density at radius 2 is 2.05 bits per heavy atom. The van der Waals surface area contributed by atoms with E-state index in [-0.39, 0.29) is 11.8 Å². The number of methoxy groups -OCH3 is 1. The second kappa shape index (κ2) is 6.81. The van der Waals surface area contributed by atoms with Gasteiger partial charge < -0.3 is 10.1 Å². The van der Waals surface area contributed by atoms with Crippen LogP contribution in [0.1, 0.15) is 36.2 Å². The molecule has 4 heteroatoms. The number of Topliss-reactive ketones (excluding diaryl/α,β-unsaturated/α-hetero) is 1. The predicted octanol–water partition coefficient (Wildman–Crippen LogP) is 3.88. The molecule has 1 heterocycles. The zero-order valence-corrected chi connectivity index (χ0v) is 13.3. The van der Waals surface area contributed by atoms with Crippen LogP contribution < -0.4 is 5.32 Å². The van der Waals surface area contributed by atoms with E-state index in [2.05, 4.69) is 5.32 Å². The maximum absolute atomic E-state index is 12.6. The number of hydrogen-bond acceptors (Lipinski definition) is 3. The first-order valence-corrected chi connectivity index (χ1v) is 7.60. The van der Waals surface area contributed by atoms with E-state index in [0.29, 0.717) is 5.02 Å². The molecule has 0 saturated heterocycles. The summed E-state index contributed by atoms with van der Waals surface area (Å²) >= 11 is 6.00. The number of allylic oxidation sites excluding steroid dienone is 1. The molecule has 1 aliphatic carbocycles. The van der Waals surface area contributed by atoms with Crippen LogP contribution >= 0.6 is 11.6 Å². The molecule has 0 fully saturated rings. The largest absolute Gasteiger partial charge is 0.495 e. The molecule has 0 spiro atoms. The minimum absolute atomic E-state index is 0.0989. The summed E-state index contributed by atoms with van der Waals surface area (Å²) < 4.78 is 5.20. The van der Waals surface area contributed by atoms with Gasteiger partial charge in [0.2, 0.25) is 0 Å². The van der Waals surface area contributed by atoms with Crippen molar-refractivity contribution in [2.45, 2.75) is 32.7 Å². The molecule has 0 amide bonds. The summed E-state index contributed by atoms with van der Waals surface area (Å²) in [6.45, 7) is 4.00. The lowest BCUT2D eigenvalue weighted by atomic mass is 9.96. The standard InChI is InChI=1S/C15H14ClNO2.C2H6/c1-19-12-7-10-3-2-9-6-11(16)4-5-13(9)15(18)14(10)17-8-12;1-2/h4-8,14,17H,2-3H2,1H3;1-2H3. The number of carbonyl (C=O) groups is 1. The molecule has 1 unspecified atom stereocenters. The fourth-order valence-corrected chi connectivity index (χ4v) is 2.80. The van der Waals surface area contributed by atoms with Crippen molar-refractivity contribution in [3.63, 3.8) is 0 Å². The fourth-order valence-electron chi connectivity index (χ4n) is 2.60. The Morgan fingerprint density at radius 3 is 2.76 bits per heavy atom. The van der Waals surface area contributed by atoms with Gasteiger partial charge in [0.05, 0.1) is 7.11 Å². The van der Waals surface area contributed by atoms with Crippen molar-refractivity contribution in [3.05, 3.63) is 58.0 Å². The van der Waals surface area contributed by atoms with E-state index >= 15 is 0 Å². The lowest BCUT2D eigenvalue weighted by molar-refractivity contribution is 0.0963. The first-order valence-electron chi connectivity index (χ1n) is 7.22. The Kier molecular flexibility index (Phi) is 5.07. The Bertz CT molecular complexity index is 605. The SMILES string of the molecule is CC.COC1=CNC2C(=O)c3ccc(Cl)cc3CCC2=C1. The third kappa shape index (κ3) is 3.13. The number of nitrogens with one attached hydrogen (secondary N) is 1. The van der Waals surface area contributed by atoms with E-state index in [1.165, 1.54) is 0 Å². The van der Waals surface area contributed by atoms with Crippen molar-refractivity contribution >= 4 is 17.4 Å². The van der Waals surface area contributed by atoms with Crippen LogP contribution in [0.15, 0.2) is 41.8 Å². The highest BCUT2D eigenvalue weighted by Crippen LogP contribution is 2.29. The van der Waals surface area contributed by atoms with Crippen LogP contribution in [-0.4, -0.2) is 18.9 Å². The molecule has 1 aromatic carbocycles. The lowest BCUT2D eigenvalue weighted by Crippen LogP contribution is -2.36.